The molecule has 0 radical (unpaired) electrons. The topological polar surface area (TPSA) is 26.3 Å². The van der Waals surface area contributed by atoms with Gasteiger partial charge in [0.05, 0.1) is 5.56 Å². The highest BCUT2D eigenvalue weighted by atomic mass is 19.1. The van der Waals surface area contributed by atoms with Crippen molar-refractivity contribution >= 4 is 5.78 Å². The lowest BCUT2D eigenvalue weighted by Gasteiger charge is -2.09. The van der Waals surface area contributed by atoms with Crippen LogP contribution in [0.2, 0.25) is 0 Å². The minimum Gasteiger partial charge on any atom is -0.489 e. The lowest BCUT2D eigenvalue weighted by molar-refractivity contribution is 0.101. The Balaban J connectivity index is 2.11. The zero-order chi connectivity index (χ0) is 14.7. The number of ether oxygens (including phenoxy) is 1. The first-order chi connectivity index (χ1) is 9.45. The second-order valence-electron chi connectivity index (χ2n) is 4.98. The molecule has 0 spiro atoms. The highest BCUT2D eigenvalue weighted by molar-refractivity contribution is 5.94. The van der Waals surface area contributed by atoms with E-state index >= 15 is 0 Å². The summed E-state index contributed by atoms with van der Waals surface area (Å²) in [6.07, 6.45) is 0. The van der Waals surface area contributed by atoms with Crippen LogP contribution in [0.1, 0.15) is 34.0 Å². The molecule has 20 heavy (non-hydrogen) atoms. The van der Waals surface area contributed by atoms with Crippen molar-refractivity contribution in [2.75, 3.05) is 0 Å². The highest BCUT2D eigenvalue weighted by Gasteiger charge is 2.08. The fourth-order valence-corrected chi connectivity index (χ4v) is 2.19. The molecule has 3 heteroatoms. The van der Waals surface area contributed by atoms with Gasteiger partial charge in [0, 0.05) is 6.07 Å². The van der Waals surface area contributed by atoms with Gasteiger partial charge in [-0.2, -0.15) is 0 Å². The maximum atomic E-state index is 13.7. The first-order valence-corrected chi connectivity index (χ1v) is 6.46. The molecule has 0 N–H and O–H groups in total. The molecule has 0 aliphatic heterocycles. The minimum atomic E-state index is -0.546. The fourth-order valence-electron chi connectivity index (χ4n) is 2.19. The Kier molecular flexibility index (Phi) is 4.18. The second-order valence-corrected chi connectivity index (χ2v) is 4.98. The van der Waals surface area contributed by atoms with Crippen LogP contribution in [0.15, 0.2) is 36.4 Å². The Morgan fingerprint density at radius 1 is 1.10 bits per heavy atom. The zero-order valence-electron chi connectivity index (χ0n) is 11.9. The number of rotatable bonds is 4. The number of carbonyl (C=O) groups is 1. The molecule has 2 aromatic rings. The summed E-state index contributed by atoms with van der Waals surface area (Å²) in [6.45, 7) is 5.77. The number of ketones is 1. The SMILES string of the molecule is CC(=O)c1ccc(OCc2cc(C)cc(C)c2)cc1F. The van der Waals surface area contributed by atoms with Gasteiger partial charge in [0.25, 0.3) is 0 Å². The van der Waals surface area contributed by atoms with E-state index in [1.165, 1.54) is 30.2 Å². The van der Waals surface area contributed by atoms with Gasteiger partial charge in [0.1, 0.15) is 18.2 Å². The summed E-state index contributed by atoms with van der Waals surface area (Å²) in [5.41, 5.74) is 3.46. The summed E-state index contributed by atoms with van der Waals surface area (Å²) in [6, 6.07) is 10.5. The van der Waals surface area contributed by atoms with Crippen molar-refractivity contribution in [3.63, 3.8) is 0 Å². The molecule has 0 heterocycles. The predicted octanol–water partition coefficient (Wildman–Crippen LogP) is 4.22. The Morgan fingerprint density at radius 2 is 1.75 bits per heavy atom. The van der Waals surface area contributed by atoms with E-state index in [4.69, 9.17) is 4.74 Å². The van der Waals surface area contributed by atoms with Crippen molar-refractivity contribution in [3.05, 3.63) is 64.5 Å². The second kappa shape index (κ2) is 5.87. The van der Waals surface area contributed by atoms with E-state index < -0.39 is 5.82 Å². The molecule has 104 valence electrons. The van der Waals surface area contributed by atoms with Crippen LogP contribution in [0, 0.1) is 19.7 Å². The van der Waals surface area contributed by atoms with Crippen LogP contribution in [-0.4, -0.2) is 5.78 Å². The molecular weight excluding hydrogens is 255 g/mol. The van der Waals surface area contributed by atoms with Crippen LogP contribution >= 0.6 is 0 Å². The fraction of sp³-hybridized carbons (Fsp3) is 0.235. The Hall–Kier alpha value is -2.16. The molecule has 0 fully saturated rings. The summed E-state index contributed by atoms with van der Waals surface area (Å²) in [5, 5.41) is 0. The maximum absolute atomic E-state index is 13.7. The van der Waals surface area contributed by atoms with E-state index in [1.807, 2.05) is 26.0 Å². The summed E-state index contributed by atoms with van der Waals surface area (Å²) < 4.78 is 19.2. The lowest BCUT2D eigenvalue weighted by atomic mass is 10.1. The van der Waals surface area contributed by atoms with E-state index in [0.29, 0.717) is 12.4 Å². The normalized spacial score (nSPS) is 10.4. The van der Waals surface area contributed by atoms with E-state index in [1.54, 1.807) is 6.07 Å². The third-order valence-electron chi connectivity index (χ3n) is 3.01. The summed E-state index contributed by atoms with van der Waals surface area (Å²) in [4.78, 5) is 11.2. The van der Waals surface area contributed by atoms with E-state index in [-0.39, 0.29) is 11.3 Å². The lowest BCUT2D eigenvalue weighted by Crippen LogP contribution is -2.00. The number of halogens is 1. The van der Waals surface area contributed by atoms with Crippen molar-refractivity contribution in [2.24, 2.45) is 0 Å². The number of hydrogen-bond acceptors (Lipinski definition) is 2. The Labute approximate surface area is 118 Å². The van der Waals surface area contributed by atoms with Gasteiger partial charge in [0.2, 0.25) is 0 Å². The number of carbonyl (C=O) groups excluding carboxylic acids is 1. The molecule has 0 atom stereocenters. The van der Waals surface area contributed by atoms with Gasteiger partial charge >= 0.3 is 0 Å². The smallest absolute Gasteiger partial charge is 0.162 e. The molecule has 2 nitrogen and oxygen atoms in total. The molecule has 0 bridgehead atoms. The van der Waals surface area contributed by atoms with E-state index in [2.05, 4.69) is 6.07 Å². The molecule has 0 unspecified atom stereocenters. The average Bonchev–Trinajstić information content (AvgIpc) is 2.35. The van der Waals surface area contributed by atoms with E-state index in [9.17, 15) is 9.18 Å². The molecule has 0 saturated heterocycles. The van der Waals surface area contributed by atoms with Crippen LogP contribution in [0.4, 0.5) is 4.39 Å². The Morgan fingerprint density at radius 3 is 2.30 bits per heavy atom. The van der Waals surface area contributed by atoms with Gasteiger partial charge in [-0.15, -0.1) is 0 Å². The maximum Gasteiger partial charge on any atom is 0.162 e. The molecule has 2 aromatic carbocycles. The molecule has 2 rings (SSSR count). The highest BCUT2D eigenvalue weighted by Crippen LogP contribution is 2.19. The van der Waals surface area contributed by atoms with Crippen LogP contribution in [0.5, 0.6) is 5.75 Å². The van der Waals surface area contributed by atoms with Gasteiger partial charge in [-0.25, -0.2) is 4.39 Å². The zero-order valence-corrected chi connectivity index (χ0v) is 11.9. The number of benzene rings is 2. The molecule has 0 amide bonds. The average molecular weight is 272 g/mol. The van der Waals surface area contributed by atoms with Crippen molar-refractivity contribution in [1.82, 2.24) is 0 Å². The summed E-state index contributed by atoms with van der Waals surface area (Å²) in [5.74, 6) is -0.412. The van der Waals surface area contributed by atoms with Crippen LogP contribution in [0.25, 0.3) is 0 Å². The molecule has 0 saturated carbocycles. The summed E-state index contributed by atoms with van der Waals surface area (Å²) in [7, 11) is 0. The van der Waals surface area contributed by atoms with E-state index in [0.717, 1.165) is 5.56 Å². The van der Waals surface area contributed by atoms with Gasteiger partial charge in [-0.05, 0) is 38.5 Å². The largest absolute Gasteiger partial charge is 0.489 e. The van der Waals surface area contributed by atoms with Crippen LogP contribution in [-0.2, 0) is 6.61 Å². The minimum absolute atomic E-state index is 0.0868. The van der Waals surface area contributed by atoms with Crippen molar-refractivity contribution in [1.29, 1.82) is 0 Å². The standard InChI is InChI=1S/C17H17FO2/c1-11-6-12(2)8-14(7-11)10-20-15-4-5-16(13(3)19)17(18)9-15/h4-9H,10H2,1-3H3. The van der Waals surface area contributed by atoms with Crippen LogP contribution in [0.3, 0.4) is 0 Å². The monoisotopic (exact) mass is 272 g/mol. The predicted molar refractivity (Wildman–Crippen MR) is 76.7 cm³/mol. The first-order valence-electron chi connectivity index (χ1n) is 6.46. The van der Waals surface area contributed by atoms with Gasteiger partial charge in [-0.1, -0.05) is 29.3 Å². The first kappa shape index (κ1) is 14.3. The number of aryl methyl sites for hydroxylation is 2. The summed E-state index contributed by atoms with van der Waals surface area (Å²) >= 11 is 0. The van der Waals surface area contributed by atoms with Crippen molar-refractivity contribution in [3.8, 4) is 5.75 Å². The van der Waals surface area contributed by atoms with Gasteiger partial charge < -0.3 is 4.74 Å². The quantitative estimate of drug-likeness (QED) is 0.779. The van der Waals surface area contributed by atoms with Crippen LogP contribution < -0.4 is 4.74 Å². The van der Waals surface area contributed by atoms with Crippen molar-refractivity contribution < 1.29 is 13.9 Å². The van der Waals surface area contributed by atoms with Gasteiger partial charge in [-0.3, -0.25) is 4.79 Å². The Bertz CT molecular complexity index is 627. The number of Topliss-reactive ketones (excluding diaryl/α,β-unsaturated/α-hetero) is 1. The van der Waals surface area contributed by atoms with Gasteiger partial charge in [0.15, 0.2) is 5.78 Å². The third kappa shape index (κ3) is 3.44. The molecule has 0 aromatic heterocycles. The third-order valence-corrected chi connectivity index (χ3v) is 3.01. The molecule has 0 aliphatic carbocycles. The van der Waals surface area contributed by atoms with Crippen molar-refractivity contribution in [2.45, 2.75) is 27.4 Å². The number of hydrogen-bond donors (Lipinski definition) is 0. The molecular formula is C17H17FO2. The molecule has 0 aliphatic rings.